The molecule has 13 heteroatoms. The number of hydrogen-bond donors (Lipinski definition) is 4. The molecule has 190 valence electrons. The molecule has 0 radical (unpaired) electrons. The summed E-state index contributed by atoms with van der Waals surface area (Å²) in [5.74, 6) is -4.09. The van der Waals surface area contributed by atoms with Gasteiger partial charge in [0.25, 0.3) is 0 Å². The normalized spacial score (nSPS) is 12.3. The van der Waals surface area contributed by atoms with Gasteiger partial charge in [0.2, 0.25) is 17.7 Å². The lowest BCUT2D eigenvalue weighted by atomic mass is 10.0. The Morgan fingerprint density at radius 3 is 2.34 bits per heavy atom. The Kier molecular flexibility index (Phi) is 10.5. The number of phenols is 1. The Hall–Kier alpha value is -4.34. The van der Waals surface area contributed by atoms with E-state index in [1.165, 1.54) is 24.3 Å². The lowest BCUT2D eigenvalue weighted by Crippen LogP contribution is -2.54. The highest BCUT2D eigenvalue weighted by Gasteiger charge is 2.38. The highest BCUT2D eigenvalue weighted by molar-refractivity contribution is 5.95. The van der Waals surface area contributed by atoms with Gasteiger partial charge in [-0.15, -0.1) is 0 Å². The van der Waals surface area contributed by atoms with Crippen LogP contribution in [0.3, 0.4) is 0 Å². The molecule has 0 aliphatic heterocycles. The van der Waals surface area contributed by atoms with Crippen molar-refractivity contribution in [3.05, 3.63) is 29.8 Å². The summed E-state index contributed by atoms with van der Waals surface area (Å²) < 4.78 is 9.60. The molecule has 0 aliphatic carbocycles. The van der Waals surface area contributed by atoms with Crippen molar-refractivity contribution in [3.8, 4) is 11.8 Å². The predicted octanol–water partition coefficient (Wildman–Crippen LogP) is -0.157. The topological polar surface area (TPSA) is 201 Å². The number of amides is 4. The largest absolute Gasteiger partial charge is 0.508 e. The molecular formula is C22H29N5O8. The minimum absolute atomic E-state index is 0.0754. The number of carbonyl (C=O) groups excluding carboxylic acids is 5. The third kappa shape index (κ3) is 9.20. The van der Waals surface area contributed by atoms with E-state index in [2.05, 4.69) is 15.4 Å². The summed E-state index contributed by atoms with van der Waals surface area (Å²) in [5.41, 5.74) is 4.24. The van der Waals surface area contributed by atoms with Crippen LogP contribution < -0.4 is 16.4 Å². The maximum atomic E-state index is 13.4. The number of para-hydroxylation sites is 1. The number of esters is 1. The number of carbonyl (C=O) groups is 5. The number of nitrogens with two attached hydrogens (primary N) is 1. The van der Waals surface area contributed by atoms with Crippen molar-refractivity contribution >= 4 is 29.8 Å². The summed E-state index contributed by atoms with van der Waals surface area (Å²) in [6.45, 7) is 3.50. The molecule has 13 nitrogen and oxygen atoms in total. The van der Waals surface area contributed by atoms with Crippen molar-refractivity contribution in [3.63, 3.8) is 0 Å². The summed E-state index contributed by atoms with van der Waals surface area (Å²) in [7, 11) is 1.11. The fourth-order valence-electron chi connectivity index (χ4n) is 2.92. The smallest absolute Gasteiger partial charge is 0.408 e. The van der Waals surface area contributed by atoms with E-state index in [-0.39, 0.29) is 11.3 Å². The first kappa shape index (κ1) is 28.7. The molecule has 1 rings (SSSR count). The molecule has 0 aliphatic rings. The highest BCUT2D eigenvalue weighted by Crippen LogP contribution is 2.29. The number of alkyl carbamates (subject to hydrolysis) is 1. The van der Waals surface area contributed by atoms with Crippen LogP contribution in [0, 0.1) is 11.3 Å². The molecule has 0 bridgehead atoms. The van der Waals surface area contributed by atoms with Gasteiger partial charge in [-0.25, -0.2) is 4.79 Å². The van der Waals surface area contributed by atoms with Gasteiger partial charge in [-0.2, -0.15) is 5.26 Å². The summed E-state index contributed by atoms with van der Waals surface area (Å²) in [6, 6.07) is 4.06. The van der Waals surface area contributed by atoms with Crippen LogP contribution in [-0.2, 0) is 28.7 Å². The zero-order valence-electron chi connectivity index (χ0n) is 19.9. The number of aromatic hydroxyl groups is 1. The number of ether oxygens (including phenoxy) is 2. The molecule has 2 unspecified atom stereocenters. The van der Waals surface area contributed by atoms with E-state index in [9.17, 15) is 34.3 Å². The van der Waals surface area contributed by atoms with E-state index in [1.54, 1.807) is 26.8 Å². The minimum atomic E-state index is -1.62. The molecule has 1 aromatic carbocycles. The average molecular weight is 492 g/mol. The molecule has 1 aromatic rings. The van der Waals surface area contributed by atoms with Gasteiger partial charge in [0, 0.05) is 5.56 Å². The van der Waals surface area contributed by atoms with E-state index in [0.717, 1.165) is 12.0 Å². The van der Waals surface area contributed by atoms with Crippen LogP contribution in [-0.4, -0.2) is 71.6 Å². The molecule has 0 saturated heterocycles. The maximum absolute atomic E-state index is 13.4. The molecule has 0 aromatic heterocycles. The van der Waals surface area contributed by atoms with Crippen molar-refractivity contribution in [1.29, 1.82) is 5.26 Å². The van der Waals surface area contributed by atoms with Crippen LogP contribution in [0.1, 0.15) is 38.8 Å². The number of primary amides is 1. The second-order valence-electron chi connectivity index (χ2n) is 8.25. The Morgan fingerprint density at radius 1 is 1.20 bits per heavy atom. The zero-order valence-corrected chi connectivity index (χ0v) is 19.9. The van der Waals surface area contributed by atoms with Crippen molar-refractivity contribution in [2.45, 2.75) is 44.9 Å². The van der Waals surface area contributed by atoms with Gasteiger partial charge in [-0.05, 0) is 26.8 Å². The van der Waals surface area contributed by atoms with Crippen LogP contribution in [0.15, 0.2) is 24.3 Å². The molecule has 0 saturated carbocycles. The lowest BCUT2D eigenvalue weighted by molar-refractivity contribution is -0.144. The number of nitrogens with zero attached hydrogens (tertiary/aromatic N) is 2. The van der Waals surface area contributed by atoms with Crippen molar-refractivity contribution < 1.29 is 38.6 Å². The van der Waals surface area contributed by atoms with Crippen molar-refractivity contribution in [2.75, 3.05) is 20.2 Å². The van der Waals surface area contributed by atoms with E-state index in [0.29, 0.717) is 0 Å². The van der Waals surface area contributed by atoms with E-state index < -0.39 is 67.0 Å². The SMILES string of the molecule is COC(=O)CNC(=O)C(c1ccccc1O)N(CC#N)C(=O)C(CC(N)=O)NC(=O)OC(C)(C)C. The number of nitriles is 1. The van der Waals surface area contributed by atoms with E-state index in [1.807, 2.05) is 0 Å². The summed E-state index contributed by atoms with van der Waals surface area (Å²) >= 11 is 0. The Morgan fingerprint density at radius 2 is 1.83 bits per heavy atom. The second kappa shape index (κ2) is 12.8. The average Bonchev–Trinajstić information content (AvgIpc) is 2.75. The molecule has 4 amide bonds. The third-order valence-corrected chi connectivity index (χ3v) is 4.34. The minimum Gasteiger partial charge on any atom is -0.508 e. The van der Waals surface area contributed by atoms with Gasteiger partial charge in [0.1, 0.15) is 36.5 Å². The van der Waals surface area contributed by atoms with Crippen LogP contribution >= 0.6 is 0 Å². The first-order valence-corrected chi connectivity index (χ1v) is 10.4. The van der Waals surface area contributed by atoms with Gasteiger partial charge in [-0.3, -0.25) is 19.2 Å². The van der Waals surface area contributed by atoms with Gasteiger partial charge < -0.3 is 35.8 Å². The van der Waals surface area contributed by atoms with Gasteiger partial charge >= 0.3 is 12.1 Å². The number of benzene rings is 1. The van der Waals surface area contributed by atoms with Crippen LogP contribution in [0.4, 0.5) is 4.79 Å². The van der Waals surface area contributed by atoms with E-state index in [4.69, 9.17) is 10.5 Å². The zero-order chi connectivity index (χ0) is 26.8. The first-order valence-electron chi connectivity index (χ1n) is 10.4. The number of nitrogens with one attached hydrogen (secondary N) is 2. The lowest BCUT2D eigenvalue weighted by Gasteiger charge is -2.32. The highest BCUT2D eigenvalue weighted by atomic mass is 16.6. The molecule has 5 N–H and O–H groups in total. The second-order valence-corrected chi connectivity index (χ2v) is 8.25. The third-order valence-electron chi connectivity index (χ3n) is 4.34. The number of rotatable bonds is 10. The number of hydrogen-bond acceptors (Lipinski definition) is 9. The van der Waals surface area contributed by atoms with Crippen LogP contribution in [0.2, 0.25) is 0 Å². The predicted molar refractivity (Wildman–Crippen MR) is 120 cm³/mol. The molecule has 0 spiro atoms. The molecule has 0 fully saturated rings. The van der Waals surface area contributed by atoms with Gasteiger partial charge in [0.15, 0.2) is 0 Å². The number of phenolic OH excluding ortho intramolecular Hbond substituents is 1. The Balaban J connectivity index is 3.45. The fourth-order valence-corrected chi connectivity index (χ4v) is 2.92. The van der Waals surface area contributed by atoms with Gasteiger partial charge in [-0.1, -0.05) is 18.2 Å². The monoisotopic (exact) mass is 491 g/mol. The molecular weight excluding hydrogens is 462 g/mol. The fraction of sp³-hybridized carbons (Fsp3) is 0.455. The summed E-state index contributed by atoms with van der Waals surface area (Å²) in [4.78, 5) is 62.6. The van der Waals surface area contributed by atoms with Crippen molar-refractivity contribution in [1.82, 2.24) is 15.5 Å². The van der Waals surface area contributed by atoms with Crippen molar-refractivity contribution in [2.24, 2.45) is 5.73 Å². The van der Waals surface area contributed by atoms with Gasteiger partial charge in [0.05, 0.1) is 19.6 Å². The maximum Gasteiger partial charge on any atom is 0.408 e. The molecule has 0 heterocycles. The van der Waals surface area contributed by atoms with E-state index >= 15 is 0 Å². The van der Waals surface area contributed by atoms with Crippen LogP contribution in [0.25, 0.3) is 0 Å². The first-order chi connectivity index (χ1) is 16.3. The molecule has 35 heavy (non-hydrogen) atoms. The van der Waals surface area contributed by atoms with Crippen LogP contribution in [0.5, 0.6) is 5.75 Å². The standard InChI is InChI=1S/C22H29N5O8/c1-22(2,3)35-21(33)26-14(11-16(24)29)20(32)27(10-9-23)18(13-7-5-6-8-15(13)28)19(31)25-12-17(30)34-4/h5-8,14,18,28H,10-12H2,1-4H3,(H2,24,29)(H,25,31)(H,26,33). The Bertz CT molecular complexity index is 998. The Labute approximate surface area is 202 Å². The quantitative estimate of drug-likeness (QED) is 0.253. The number of methoxy groups -OCH3 is 1. The molecule has 2 atom stereocenters. The summed E-state index contributed by atoms with van der Waals surface area (Å²) in [5, 5.41) is 24.2. The summed E-state index contributed by atoms with van der Waals surface area (Å²) in [6.07, 6.45) is -1.71.